The SMILES string of the molecule is Cc1nccn1CCCn1cc([C@@H]2C[C@]3(C[C@H](C)N2)OCC(F)(F)c2cc(Cl)sc23)nn1. The number of halogens is 3. The molecule has 0 amide bonds. The molecule has 1 N–H and O–H groups in total. The van der Waals surface area contributed by atoms with E-state index in [0.29, 0.717) is 22.1 Å². The zero-order chi connectivity index (χ0) is 22.5. The summed E-state index contributed by atoms with van der Waals surface area (Å²) in [5.41, 5.74) is -0.00250. The summed E-state index contributed by atoms with van der Waals surface area (Å²) in [7, 11) is 0. The van der Waals surface area contributed by atoms with Gasteiger partial charge in [-0.1, -0.05) is 16.8 Å². The summed E-state index contributed by atoms with van der Waals surface area (Å²) in [6.45, 7) is 4.97. The average molecular weight is 483 g/mol. The van der Waals surface area contributed by atoms with E-state index < -0.39 is 18.1 Å². The van der Waals surface area contributed by atoms with Crippen molar-refractivity contribution in [2.24, 2.45) is 0 Å². The summed E-state index contributed by atoms with van der Waals surface area (Å²) in [5.74, 6) is -2.04. The molecule has 2 aliphatic heterocycles. The summed E-state index contributed by atoms with van der Waals surface area (Å²) in [4.78, 5) is 4.78. The molecule has 0 aliphatic carbocycles. The van der Waals surface area contributed by atoms with Crippen molar-refractivity contribution in [3.8, 4) is 0 Å². The van der Waals surface area contributed by atoms with Crippen LogP contribution < -0.4 is 5.32 Å². The number of thiophene rings is 1. The third-order valence-corrected chi connectivity index (χ3v) is 7.77. The second-order valence-electron chi connectivity index (χ2n) is 8.74. The first-order chi connectivity index (χ1) is 15.3. The van der Waals surface area contributed by atoms with Gasteiger partial charge in [0.25, 0.3) is 5.92 Å². The van der Waals surface area contributed by atoms with Crippen molar-refractivity contribution in [3.05, 3.63) is 51.0 Å². The van der Waals surface area contributed by atoms with Gasteiger partial charge in [0.05, 0.1) is 22.3 Å². The molecule has 0 saturated carbocycles. The number of fused-ring (bicyclic) bond motifs is 2. The molecule has 5 heterocycles. The van der Waals surface area contributed by atoms with Gasteiger partial charge >= 0.3 is 0 Å². The lowest BCUT2D eigenvalue weighted by molar-refractivity contribution is -0.183. The Morgan fingerprint density at radius 2 is 2.19 bits per heavy atom. The van der Waals surface area contributed by atoms with E-state index in [1.165, 1.54) is 17.4 Å². The van der Waals surface area contributed by atoms with Crippen LogP contribution in [0.4, 0.5) is 8.78 Å². The molecule has 0 unspecified atom stereocenters. The molecule has 0 radical (unpaired) electrons. The molecule has 3 atom stereocenters. The monoisotopic (exact) mass is 482 g/mol. The van der Waals surface area contributed by atoms with Crippen LogP contribution in [0.15, 0.2) is 24.7 Å². The number of nitrogens with zero attached hydrogens (tertiary/aromatic N) is 5. The van der Waals surface area contributed by atoms with Gasteiger partial charge < -0.3 is 14.6 Å². The fourth-order valence-corrected chi connectivity index (χ4v) is 6.27. The number of piperidine rings is 1. The molecule has 11 heteroatoms. The van der Waals surface area contributed by atoms with Gasteiger partial charge in [0.15, 0.2) is 0 Å². The molecule has 7 nitrogen and oxygen atoms in total. The minimum Gasteiger partial charge on any atom is -0.363 e. The third-order valence-electron chi connectivity index (χ3n) is 6.32. The average Bonchev–Trinajstić information content (AvgIpc) is 3.46. The van der Waals surface area contributed by atoms with Crippen LogP contribution in [0.3, 0.4) is 0 Å². The lowest BCUT2D eigenvalue weighted by Crippen LogP contribution is -2.51. The second-order valence-corrected chi connectivity index (χ2v) is 10.4. The van der Waals surface area contributed by atoms with Gasteiger partial charge in [-0.25, -0.2) is 4.98 Å². The number of hydrogen-bond donors (Lipinski definition) is 1. The lowest BCUT2D eigenvalue weighted by Gasteiger charge is -2.47. The molecule has 1 fully saturated rings. The van der Waals surface area contributed by atoms with Crippen LogP contribution in [0.5, 0.6) is 0 Å². The van der Waals surface area contributed by atoms with Crippen molar-refractivity contribution < 1.29 is 13.5 Å². The standard InChI is InChI=1S/C21H25ClF2N6OS/c1-13-9-20(19-15(8-18(22)32-19)21(23,24)12-31-20)10-16(26-13)17-11-30(28-27-17)6-3-5-29-7-4-25-14(29)2/h4,7-8,11,13,16,26H,3,5-6,9-10,12H2,1-2H3/t13-,16-,20-/m0/s1. The van der Waals surface area contributed by atoms with Crippen LogP contribution in [0.25, 0.3) is 0 Å². The van der Waals surface area contributed by atoms with Crippen LogP contribution in [0.1, 0.15) is 54.2 Å². The third kappa shape index (κ3) is 3.98. The Morgan fingerprint density at radius 3 is 2.97 bits per heavy atom. The number of rotatable bonds is 5. The molecule has 3 aromatic heterocycles. The van der Waals surface area contributed by atoms with Crippen molar-refractivity contribution in [1.29, 1.82) is 0 Å². The van der Waals surface area contributed by atoms with Gasteiger partial charge in [-0.05, 0) is 32.8 Å². The van der Waals surface area contributed by atoms with Crippen molar-refractivity contribution in [2.45, 2.75) is 69.8 Å². The second kappa shape index (κ2) is 8.16. The first-order valence-electron chi connectivity index (χ1n) is 10.7. The number of hydrogen-bond acceptors (Lipinski definition) is 6. The molecule has 3 aromatic rings. The molecule has 1 saturated heterocycles. The van der Waals surface area contributed by atoms with E-state index in [1.54, 1.807) is 6.20 Å². The Balaban J connectivity index is 1.33. The van der Waals surface area contributed by atoms with E-state index in [4.69, 9.17) is 16.3 Å². The molecule has 1 spiro atoms. The van der Waals surface area contributed by atoms with Crippen LogP contribution in [0.2, 0.25) is 4.34 Å². The Labute approximate surface area is 193 Å². The maximum Gasteiger partial charge on any atom is 0.297 e. The largest absolute Gasteiger partial charge is 0.363 e. The highest BCUT2D eigenvalue weighted by Crippen LogP contribution is 2.54. The number of alkyl halides is 2. The Hall–Kier alpha value is -1.88. The predicted molar refractivity (Wildman–Crippen MR) is 117 cm³/mol. The summed E-state index contributed by atoms with van der Waals surface area (Å²) < 4.78 is 39.2. The number of aryl methyl sites for hydroxylation is 3. The van der Waals surface area contributed by atoms with Crippen molar-refractivity contribution in [1.82, 2.24) is 29.9 Å². The summed E-state index contributed by atoms with van der Waals surface area (Å²) in [6.07, 6.45) is 7.70. The molecule has 5 rings (SSSR count). The first-order valence-corrected chi connectivity index (χ1v) is 11.9. The van der Waals surface area contributed by atoms with Gasteiger partial charge in [0, 0.05) is 48.4 Å². The van der Waals surface area contributed by atoms with Gasteiger partial charge in [-0.3, -0.25) is 4.68 Å². The number of nitrogens with one attached hydrogen (secondary N) is 1. The van der Waals surface area contributed by atoms with Crippen molar-refractivity contribution in [3.63, 3.8) is 0 Å². The molecule has 0 aromatic carbocycles. The van der Waals surface area contributed by atoms with Crippen LogP contribution >= 0.6 is 22.9 Å². The molecule has 0 bridgehead atoms. The molecular formula is C21H25ClF2N6OS. The number of ether oxygens (including phenoxy) is 1. The summed E-state index contributed by atoms with van der Waals surface area (Å²) in [6, 6.07) is 1.30. The topological polar surface area (TPSA) is 69.8 Å². The Morgan fingerprint density at radius 1 is 1.34 bits per heavy atom. The number of imidazole rings is 1. The zero-order valence-corrected chi connectivity index (χ0v) is 19.5. The van der Waals surface area contributed by atoms with Gasteiger partial charge in [-0.15, -0.1) is 16.4 Å². The van der Waals surface area contributed by atoms with Crippen LogP contribution in [-0.2, 0) is 29.3 Å². The van der Waals surface area contributed by atoms with Crippen LogP contribution in [-0.4, -0.2) is 37.2 Å². The van der Waals surface area contributed by atoms with Crippen molar-refractivity contribution >= 4 is 22.9 Å². The van der Waals surface area contributed by atoms with E-state index in [0.717, 1.165) is 31.0 Å². The highest BCUT2D eigenvalue weighted by atomic mass is 35.5. The quantitative estimate of drug-likeness (QED) is 0.583. The van der Waals surface area contributed by atoms with E-state index in [1.807, 2.05) is 30.9 Å². The minimum atomic E-state index is -3.02. The molecule has 32 heavy (non-hydrogen) atoms. The Bertz CT molecular complexity index is 1110. The van der Waals surface area contributed by atoms with E-state index in [-0.39, 0.29) is 17.6 Å². The van der Waals surface area contributed by atoms with E-state index >= 15 is 0 Å². The van der Waals surface area contributed by atoms with Gasteiger partial charge in [0.2, 0.25) is 0 Å². The fraction of sp³-hybridized carbons (Fsp3) is 0.571. The van der Waals surface area contributed by atoms with E-state index in [9.17, 15) is 8.78 Å². The minimum absolute atomic E-state index is 0.00468. The molecular weight excluding hydrogens is 458 g/mol. The van der Waals surface area contributed by atoms with E-state index in [2.05, 4.69) is 25.2 Å². The Kier molecular flexibility index (Phi) is 5.59. The highest BCUT2D eigenvalue weighted by molar-refractivity contribution is 7.16. The maximum atomic E-state index is 14.5. The smallest absolute Gasteiger partial charge is 0.297 e. The van der Waals surface area contributed by atoms with Gasteiger partial charge in [-0.2, -0.15) is 8.78 Å². The highest BCUT2D eigenvalue weighted by Gasteiger charge is 2.53. The molecule has 2 aliphatic rings. The fourth-order valence-electron chi connectivity index (χ4n) is 4.83. The summed E-state index contributed by atoms with van der Waals surface area (Å²) >= 11 is 7.35. The first kappa shape index (κ1) is 21.9. The zero-order valence-electron chi connectivity index (χ0n) is 17.9. The summed E-state index contributed by atoms with van der Waals surface area (Å²) in [5, 5.41) is 12.2. The predicted octanol–water partition coefficient (Wildman–Crippen LogP) is 4.42. The maximum absolute atomic E-state index is 14.5. The van der Waals surface area contributed by atoms with Gasteiger partial charge in [0.1, 0.15) is 18.0 Å². The molecule has 172 valence electrons. The van der Waals surface area contributed by atoms with Crippen molar-refractivity contribution in [2.75, 3.05) is 6.61 Å². The lowest BCUT2D eigenvalue weighted by atomic mass is 9.78. The number of aromatic nitrogens is 5. The van der Waals surface area contributed by atoms with Crippen LogP contribution in [0, 0.1) is 6.92 Å². The normalized spacial score (nSPS) is 27.0.